The van der Waals surface area contributed by atoms with E-state index in [1.807, 2.05) is 12.1 Å². The van der Waals surface area contributed by atoms with E-state index in [4.69, 9.17) is 11.0 Å². The highest BCUT2D eigenvalue weighted by Crippen LogP contribution is 2.28. The first-order chi connectivity index (χ1) is 8.20. The van der Waals surface area contributed by atoms with E-state index in [9.17, 15) is 0 Å². The van der Waals surface area contributed by atoms with Crippen LogP contribution in [-0.2, 0) is 0 Å². The van der Waals surface area contributed by atoms with E-state index in [-0.39, 0.29) is 0 Å². The van der Waals surface area contributed by atoms with Crippen LogP contribution in [0.2, 0.25) is 0 Å². The first-order valence-corrected chi connectivity index (χ1v) is 6.27. The van der Waals surface area contributed by atoms with Gasteiger partial charge in [-0.1, -0.05) is 19.8 Å². The van der Waals surface area contributed by atoms with Crippen molar-refractivity contribution in [2.75, 3.05) is 11.1 Å². The monoisotopic (exact) mass is 229 g/mol. The van der Waals surface area contributed by atoms with Gasteiger partial charge in [0.05, 0.1) is 11.3 Å². The molecule has 0 aromatic heterocycles. The maximum absolute atomic E-state index is 9.09. The molecule has 2 unspecified atom stereocenters. The molecule has 90 valence electrons. The van der Waals surface area contributed by atoms with Gasteiger partial charge in [-0.25, -0.2) is 0 Å². The fourth-order valence-electron chi connectivity index (χ4n) is 2.51. The second-order valence-corrected chi connectivity index (χ2v) is 4.93. The molecule has 1 aromatic carbocycles. The molecule has 1 aliphatic rings. The van der Waals surface area contributed by atoms with Crippen LogP contribution >= 0.6 is 0 Å². The van der Waals surface area contributed by atoms with E-state index < -0.39 is 0 Å². The van der Waals surface area contributed by atoms with Crippen LogP contribution < -0.4 is 11.1 Å². The fraction of sp³-hybridized carbons (Fsp3) is 0.500. The lowest BCUT2D eigenvalue weighted by molar-refractivity contribution is 0.349. The van der Waals surface area contributed by atoms with E-state index in [0.717, 1.165) is 5.69 Å². The molecule has 0 amide bonds. The maximum Gasteiger partial charge on any atom is 0.101 e. The minimum atomic E-state index is 0.486. The van der Waals surface area contributed by atoms with Crippen molar-refractivity contribution >= 4 is 11.4 Å². The van der Waals surface area contributed by atoms with Crippen LogP contribution in [0.15, 0.2) is 18.2 Å². The average molecular weight is 229 g/mol. The summed E-state index contributed by atoms with van der Waals surface area (Å²) in [6.07, 6.45) is 5.07. The van der Waals surface area contributed by atoms with Gasteiger partial charge in [-0.3, -0.25) is 0 Å². The standard InChI is InChI=1S/C14H19N3/c1-10-4-2-3-5-13(10)17-14-7-6-12(16)8-11(14)9-15/h6-8,10,13,17H,2-5,16H2,1H3. The largest absolute Gasteiger partial charge is 0.399 e. The molecule has 1 fully saturated rings. The van der Waals surface area contributed by atoms with Crippen molar-refractivity contribution in [2.24, 2.45) is 5.92 Å². The van der Waals surface area contributed by atoms with Crippen LogP contribution in [0.5, 0.6) is 0 Å². The lowest BCUT2D eigenvalue weighted by atomic mass is 9.85. The normalized spacial score (nSPS) is 24.0. The second kappa shape index (κ2) is 5.09. The van der Waals surface area contributed by atoms with Crippen molar-refractivity contribution in [1.82, 2.24) is 0 Å². The molecule has 0 spiro atoms. The smallest absolute Gasteiger partial charge is 0.101 e. The van der Waals surface area contributed by atoms with Crippen LogP contribution in [0.4, 0.5) is 11.4 Å². The molecular weight excluding hydrogens is 210 g/mol. The molecule has 1 aromatic rings. The highest BCUT2D eigenvalue weighted by atomic mass is 14.9. The number of nitrogens with zero attached hydrogens (tertiary/aromatic N) is 1. The van der Waals surface area contributed by atoms with Crippen molar-refractivity contribution < 1.29 is 0 Å². The van der Waals surface area contributed by atoms with Crippen molar-refractivity contribution in [3.05, 3.63) is 23.8 Å². The number of nitrogen functional groups attached to an aromatic ring is 1. The van der Waals surface area contributed by atoms with Gasteiger partial charge >= 0.3 is 0 Å². The number of nitriles is 1. The van der Waals surface area contributed by atoms with Crippen molar-refractivity contribution in [3.8, 4) is 6.07 Å². The van der Waals surface area contributed by atoms with E-state index >= 15 is 0 Å². The third-order valence-corrected chi connectivity index (χ3v) is 3.62. The summed E-state index contributed by atoms with van der Waals surface area (Å²) in [7, 11) is 0. The number of rotatable bonds is 2. The van der Waals surface area contributed by atoms with E-state index in [1.165, 1.54) is 25.7 Å². The quantitative estimate of drug-likeness (QED) is 0.766. The predicted molar refractivity (Wildman–Crippen MR) is 70.6 cm³/mol. The van der Waals surface area contributed by atoms with E-state index in [2.05, 4.69) is 18.3 Å². The fourth-order valence-corrected chi connectivity index (χ4v) is 2.51. The molecule has 2 atom stereocenters. The zero-order valence-corrected chi connectivity index (χ0v) is 10.2. The molecule has 0 aliphatic heterocycles. The van der Waals surface area contributed by atoms with Crippen LogP contribution in [0.3, 0.4) is 0 Å². The Balaban J connectivity index is 2.15. The molecule has 0 heterocycles. The van der Waals surface area contributed by atoms with Crippen LogP contribution in [-0.4, -0.2) is 6.04 Å². The maximum atomic E-state index is 9.09. The molecule has 0 saturated heterocycles. The second-order valence-electron chi connectivity index (χ2n) is 4.93. The summed E-state index contributed by atoms with van der Waals surface area (Å²) in [5.41, 5.74) is 7.89. The van der Waals surface area contributed by atoms with Gasteiger partial charge in [0.2, 0.25) is 0 Å². The summed E-state index contributed by atoms with van der Waals surface area (Å²) < 4.78 is 0. The molecule has 3 heteroatoms. The van der Waals surface area contributed by atoms with Crippen molar-refractivity contribution in [2.45, 2.75) is 38.6 Å². The molecule has 1 saturated carbocycles. The van der Waals surface area contributed by atoms with Crippen LogP contribution in [0.1, 0.15) is 38.2 Å². The topological polar surface area (TPSA) is 61.8 Å². The molecule has 3 N–H and O–H groups in total. The first-order valence-electron chi connectivity index (χ1n) is 6.27. The number of anilines is 2. The summed E-state index contributed by atoms with van der Waals surface area (Å²) in [5.74, 6) is 0.674. The highest BCUT2D eigenvalue weighted by molar-refractivity contribution is 5.63. The Morgan fingerprint density at radius 1 is 1.35 bits per heavy atom. The lowest BCUT2D eigenvalue weighted by Gasteiger charge is -2.30. The minimum absolute atomic E-state index is 0.486. The Morgan fingerprint density at radius 2 is 2.12 bits per heavy atom. The lowest BCUT2D eigenvalue weighted by Crippen LogP contribution is -2.30. The van der Waals surface area contributed by atoms with Gasteiger partial charge in [0.25, 0.3) is 0 Å². The third-order valence-electron chi connectivity index (χ3n) is 3.62. The summed E-state index contributed by atoms with van der Waals surface area (Å²) in [5, 5.41) is 12.6. The van der Waals surface area contributed by atoms with Gasteiger partial charge in [0.1, 0.15) is 6.07 Å². The predicted octanol–water partition coefficient (Wildman–Crippen LogP) is 3.13. The summed E-state index contributed by atoms with van der Waals surface area (Å²) in [6.45, 7) is 2.28. The molecule has 2 rings (SSSR count). The Hall–Kier alpha value is -1.69. The molecule has 3 nitrogen and oxygen atoms in total. The highest BCUT2D eigenvalue weighted by Gasteiger charge is 2.21. The zero-order valence-electron chi connectivity index (χ0n) is 10.2. The van der Waals surface area contributed by atoms with Gasteiger partial charge in [0, 0.05) is 11.7 Å². The Morgan fingerprint density at radius 3 is 2.82 bits per heavy atom. The Bertz CT molecular complexity index is 434. The van der Waals surface area contributed by atoms with Gasteiger partial charge in [0.15, 0.2) is 0 Å². The third kappa shape index (κ3) is 2.71. The minimum Gasteiger partial charge on any atom is -0.399 e. The Labute approximate surface area is 103 Å². The average Bonchev–Trinajstić information content (AvgIpc) is 2.34. The van der Waals surface area contributed by atoms with Gasteiger partial charge in [-0.05, 0) is 37.0 Å². The number of hydrogen-bond donors (Lipinski definition) is 2. The van der Waals surface area contributed by atoms with Gasteiger partial charge < -0.3 is 11.1 Å². The van der Waals surface area contributed by atoms with Crippen LogP contribution in [0, 0.1) is 17.2 Å². The molecular formula is C14H19N3. The molecule has 0 bridgehead atoms. The van der Waals surface area contributed by atoms with Crippen molar-refractivity contribution in [1.29, 1.82) is 5.26 Å². The number of benzene rings is 1. The van der Waals surface area contributed by atoms with Crippen LogP contribution in [0.25, 0.3) is 0 Å². The summed E-state index contributed by atoms with van der Waals surface area (Å²) >= 11 is 0. The van der Waals surface area contributed by atoms with E-state index in [0.29, 0.717) is 23.2 Å². The zero-order chi connectivity index (χ0) is 12.3. The summed E-state index contributed by atoms with van der Waals surface area (Å²) in [6, 6.07) is 8.17. The Kier molecular flexibility index (Phi) is 3.53. The SMILES string of the molecule is CC1CCCCC1Nc1ccc(N)cc1C#N. The number of nitrogens with one attached hydrogen (secondary N) is 1. The number of hydrogen-bond acceptors (Lipinski definition) is 3. The van der Waals surface area contributed by atoms with Crippen molar-refractivity contribution in [3.63, 3.8) is 0 Å². The summed E-state index contributed by atoms with van der Waals surface area (Å²) in [4.78, 5) is 0. The number of nitrogens with two attached hydrogens (primary N) is 1. The molecule has 17 heavy (non-hydrogen) atoms. The van der Waals surface area contributed by atoms with Gasteiger partial charge in [-0.15, -0.1) is 0 Å². The van der Waals surface area contributed by atoms with E-state index in [1.54, 1.807) is 6.07 Å². The first kappa shape index (κ1) is 11.8. The molecule has 1 aliphatic carbocycles. The molecule has 0 radical (unpaired) electrons. The van der Waals surface area contributed by atoms with Gasteiger partial charge in [-0.2, -0.15) is 5.26 Å².